The second-order valence-corrected chi connectivity index (χ2v) is 6.83. The van der Waals surface area contributed by atoms with Crippen molar-refractivity contribution in [1.82, 2.24) is 15.1 Å². The first kappa shape index (κ1) is 15.3. The summed E-state index contributed by atoms with van der Waals surface area (Å²) in [5.41, 5.74) is 0. The van der Waals surface area contributed by atoms with Crippen LogP contribution in [0.2, 0.25) is 0 Å². The maximum Gasteiger partial charge on any atom is 0.0110 e. The first-order chi connectivity index (χ1) is 9.24. The summed E-state index contributed by atoms with van der Waals surface area (Å²) in [6.45, 7) is 13.6. The fraction of sp³-hybridized carbons (Fsp3) is 1.00. The van der Waals surface area contributed by atoms with Crippen LogP contribution in [0.1, 0.15) is 46.0 Å². The minimum atomic E-state index is 0.809. The van der Waals surface area contributed by atoms with Crippen LogP contribution in [0.25, 0.3) is 0 Å². The highest BCUT2D eigenvalue weighted by molar-refractivity contribution is 4.75. The lowest BCUT2D eigenvalue weighted by atomic mass is 10.0. The Morgan fingerprint density at radius 2 is 1.79 bits per heavy atom. The molecule has 3 heteroatoms. The lowest BCUT2D eigenvalue weighted by Gasteiger charge is -2.35. The summed E-state index contributed by atoms with van der Waals surface area (Å²) in [7, 11) is 0. The van der Waals surface area contributed by atoms with E-state index in [0.29, 0.717) is 0 Å². The Kier molecular flexibility index (Phi) is 6.62. The van der Waals surface area contributed by atoms with E-state index in [9.17, 15) is 0 Å². The molecule has 112 valence electrons. The van der Waals surface area contributed by atoms with E-state index in [2.05, 4.69) is 29.0 Å². The van der Waals surface area contributed by atoms with Gasteiger partial charge >= 0.3 is 0 Å². The number of piperazine rings is 1. The number of hydrogen-bond acceptors (Lipinski definition) is 3. The molecule has 3 nitrogen and oxygen atoms in total. The van der Waals surface area contributed by atoms with E-state index in [1.54, 1.807) is 0 Å². The molecule has 0 amide bonds. The van der Waals surface area contributed by atoms with Crippen molar-refractivity contribution in [3.8, 4) is 0 Å². The summed E-state index contributed by atoms with van der Waals surface area (Å²) in [5, 5.41) is 3.66. The third-order valence-corrected chi connectivity index (χ3v) is 4.53. The van der Waals surface area contributed by atoms with Gasteiger partial charge in [0.05, 0.1) is 0 Å². The molecule has 19 heavy (non-hydrogen) atoms. The Morgan fingerprint density at radius 3 is 2.42 bits per heavy atom. The lowest BCUT2D eigenvalue weighted by molar-refractivity contribution is 0.120. The molecule has 2 heterocycles. The largest absolute Gasteiger partial charge is 0.314 e. The Bertz CT molecular complexity index is 228. The molecule has 0 aromatic rings. The number of nitrogens with one attached hydrogen (secondary N) is 1. The van der Waals surface area contributed by atoms with Gasteiger partial charge in [-0.25, -0.2) is 0 Å². The molecule has 0 bridgehead atoms. The summed E-state index contributed by atoms with van der Waals surface area (Å²) >= 11 is 0. The number of nitrogens with zero attached hydrogens (tertiary/aromatic N) is 2. The van der Waals surface area contributed by atoms with Gasteiger partial charge in [-0.05, 0) is 44.7 Å². The molecule has 0 radical (unpaired) electrons. The fourth-order valence-corrected chi connectivity index (χ4v) is 3.44. The average Bonchev–Trinajstić information content (AvgIpc) is 2.41. The molecular weight excluding hydrogens is 234 g/mol. The molecule has 0 aliphatic carbocycles. The van der Waals surface area contributed by atoms with E-state index < -0.39 is 0 Å². The minimum Gasteiger partial charge on any atom is -0.314 e. The van der Waals surface area contributed by atoms with Gasteiger partial charge in [-0.1, -0.05) is 20.3 Å². The van der Waals surface area contributed by atoms with Crippen LogP contribution in [-0.2, 0) is 0 Å². The van der Waals surface area contributed by atoms with Gasteiger partial charge in [-0.15, -0.1) is 0 Å². The van der Waals surface area contributed by atoms with Gasteiger partial charge < -0.3 is 15.1 Å². The molecule has 2 aliphatic heterocycles. The molecule has 2 rings (SSSR count). The normalized spacial score (nSPS) is 27.0. The van der Waals surface area contributed by atoms with Crippen LogP contribution in [0.15, 0.2) is 0 Å². The highest BCUT2D eigenvalue weighted by atomic mass is 15.3. The smallest absolute Gasteiger partial charge is 0.0110 e. The molecule has 0 saturated carbocycles. The minimum absolute atomic E-state index is 0.809. The first-order valence-corrected chi connectivity index (χ1v) is 8.42. The van der Waals surface area contributed by atoms with Crippen LogP contribution in [0.5, 0.6) is 0 Å². The highest BCUT2D eigenvalue weighted by Gasteiger charge is 2.18. The highest BCUT2D eigenvalue weighted by Crippen LogP contribution is 2.13. The molecule has 0 spiro atoms. The monoisotopic (exact) mass is 267 g/mol. The summed E-state index contributed by atoms with van der Waals surface area (Å²) in [4.78, 5) is 5.30. The number of piperidine rings is 1. The number of hydrogen-bond donors (Lipinski definition) is 1. The first-order valence-electron chi connectivity index (χ1n) is 8.42. The van der Waals surface area contributed by atoms with E-state index >= 15 is 0 Å². The lowest BCUT2D eigenvalue weighted by Crippen LogP contribution is -2.47. The fourth-order valence-electron chi connectivity index (χ4n) is 3.44. The van der Waals surface area contributed by atoms with Crippen molar-refractivity contribution >= 4 is 0 Å². The van der Waals surface area contributed by atoms with Crippen molar-refractivity contribution in [3.63, 3.8) is 0 Å². The summed E-state index contributed by atoms with van der Waals surface area (Å²) in [6, 6.07) is 0.816. The zero-order valence-corrected chi connectivity index (χ0v) is 13.0. The Hall–Kier alpha value is -0.120. The van der Waals surface area contributed by atoms with E-state index in [-0.39, 0.29) is 0 Å². The average molecular weight is 267 g/mol. The molecule has 1 unspecified atom stereocenters. The van der Waals surface area contributed by atoms with Gasteiger partial charge in [-0.2, -0.15) is 0 Å². The van der Waals surface area contributed by atoms with Gasteiger partial charge in [-0.3, -0.25) is 0 Å². The van der Waals surface area contributed by atoms with Crippen LogP contribution in [0.4, 0.5) is 0 Å². The van der Waals surface area contributed by atoms with Crippen LogP contribution >= 0.6 is 0 Å². The molecule has 2 aliphatic rings. The predicted molar refractivity (Wildman–Crippen MR) is 82.6 cm³/mol. The second-order valence-electron chi connectivity index (χ2n) is 6.83. The van der Waals surface area contributed by atoms with Crippen molar-refractivity contribution < 1.29 is 0 Å². The maximum atomic E-state index is 3.66. The molecule has 2 saturated heterocycles. The van der Waals surface area contributed by atoms with E-state index in [0.717, 1.165) is 12.0 Å². The van der Waals surface area contributed by atoms with E-state index in [1.807, 2.05) is 0 Å². The summed E-state index contributed by atoms with van der Waals surface area (Å²) in [6.07, 6.45) is 6.98. The van der Waals surface area contributed by atoms with Crippen molar-refractivity contribution in [2.75, 3.05) is 45.8 Å². The molecule has 0 aromatic carbocycles. The summed E-state index contributed by atoms with van der Waals surface area (Å²) in [5.74, 6) is 0.809. The Morgan fingerprint density at radius 1 is 1.05 bits per heavy atom. The third-order valence-electron chi connectivity index (χ3n) is 4.53. The van der Waals surface area contributed by atoms with Gasteiger partial charge in [0, 0.05) is 38.8 Å². The van der Waals surface area contributed by atoms with Crippen molar-refractivity contribution in [2.24, 2.45) is 5.92 Å². The summed E-state index contributed by atoms with van der Waals surface area (Å²) < 4.78 is 0. The zero-order valence-electron chi connectivity index (χ0n) is 13.0. The maximum absolute atomic E-state index is 3.66. The van der Waals surface area contributed by atoms with E-state index in [1.165, 1.54) is 77.9 Å². The molecule has 2 fully saturated rings. The second kappa shape index (κ2) is 8.23. The van der Waals surface area contributed by atoms with Crippen LogP contribution in [-0.4, -0.2) is 61.7 Å². The van der Waals surface area contributed by atoms with Gasteiger partial charge in [0.1, 0.15) is 0 Å². The van der Waals surface area contributed by atoms with Gasteiger partial charge in [0.15, 0.2) is 0 Å². The van der Waals surface area contributed by atoms with Crippen molar-refractivity contribution in [3.05, 3.63) is 0 Å². The van der Waals surface area contributed by atoms with Crippen molar-refractivity contribution in [1.29, 1.82) is 0 Å². The van der Waals surface area contributed by atoms with Crippen LogP contribution in [0, 0.1) is 5.92 Å². The molecule has 0 aromatic heterocycles. The van der Waals surface area contributed by atoms with E-state index in [4.69, 9.17) is 0 Å². The Labute approximate surface area is 119 Å². The standard InChI is InChI=1S/C16H33N3/c1-15(2)14-19-12-10-18(11-13-19)9-5-7-16-6-3-4-8-17-16/h15-17H,3-14H2,1-2H3. The third kappa shape index (κ3) is 5.80. The van der Waals surface area contributed by atoms with Crippen LogP contribution in [0.3, 0.4) is 0 Å². The predicted octanol–water partition coefficient (Wildman–Crippen LogP) is 2.18. The molecule has 1 atom stereocenters. The number of rotatable bonds is 6. The SMILES string of the molecule is CC(C)CN1CCN(CCCC2CCCCN2)CC1. The Balaban J connectivity index is 1.53. The topological polar surface area (TPSA) is 18.5 Å². The van der Waals surface area contributed by atoms with Gasteiger partial charge in [0.2, 0.25) is 0 Å². The van der Waals surface area contributed by atoms with Crippen molar-refractivity contribution in [2.45, 2.75) is 52.0 Å². The zero-order chi connectivity index (χ0) is 13.5. The molecule has 1 N–H and O–H groups in total. The quantitative estimate of drug-likeness (QED) is 0.796. The molecular formula is C16H33N3. The van der Waals surface area contributed by atoms with Crippen LogP contribution < -0.4 is 5.32 Å². The van der Waals surface area contributed by atoms with Gasteiger partial charge in [0.25, 0.3) is 0 Å².